The highest BCUT2D eigenvalue weighted by Gasteiger charge is 2.19. The van der Waals surface area contributed by atoms with E-state index >= 15 is 0 Å². The van der Waals surface area contributed by atoms with E-state index in [1.165, 1.54) is 30.7 Å². The molecule has 0 saturated carbocycles. The van der Waals surface area contributed by atoms with Gasteiger partial charge in [0.15, 0.2) is 11.6 Å². The monoisotopic (exact) mass is 396 g/mol. The number of hydrogen-bond donors (Lipinski definition) is 1. The maximum atomic E-state index is 14.8. The van der Waals surface area contributed by atoms with Crippen LogP contribution >= 0.6 is 0 Å². The van der Waals surface area contributed by atoms with Crippen LogP contribution in [0.3, 0.4) is 0 Å². The third-order valence-corrected chi connectivity index (χ3v) is 4.42. The van der Waals surface area contributed by atoms with Gasteiger partial charge in [0.2, 0.25) is 0 Å². The molecular formula is C20H14F2N4O3. The number of halogens is 2. The summed E-state index contributed by atoms with van der Waals surface area (Å²) in [5, 5.41) is 0.100. The van der Waals surface area contributed by atoms with Crippen molar-refractivity contribution < 1.29 is 17.9 Å². The maximum Gasteiger partial charge on any atom is 0.340 e. The molecule has 146 valence electrons. The lowest BCUT2D eigenvalue weighted by molar-refractivity contribution is 0.436. The fourth-order valence-corrected chi connectivity index (χ4v) is 3.00. The van der Waals surface area contributed by atoms with Crippen LogP contribution in [0, 0.1) is 18.6 Å². The van der Waals surface area contributed by atoms with E-state index < -0.39 is 17.3 Å². The Bertz CT molecular complexity index is 1280. The van der Waals surface area contributed by atoms with Crippen LogP contribution < -0.4 is 16.1 Å². The summed E-state index contributed by atoms with van der Waals surface area (Å²) in [6.45, 7) is 1.57. The lowest BCUT2D eigenvalue weighted by atomic mass is 9.99. The molecular weight excluding hydrogens is 382 g/mol. The van der Waals surface area contributed by atoms with Gasteiger partial charge in [-0.2, -0.15) is 0 Å². The third kappa shape index (κ3) is 3.49. The molecule has 4 rings (SSSR count). The molecule has 0 aliphatic carbocycles. The Kier molecular flexibility index (Phi) is 4.63. The molecule has 0 unspecified atom stereocenters. The number of nitrogens with two attached hydrogens (primary N) is 1. The van der Waals surface area contributed by atoms with Crippen molar-refractivity contribution in [3.63, 3.8) is 0 Å². The first-order chi connectivity index (χ1) is 13.9. The third-order valence-electron chi connectivity index (χ3n) is 4.42. The van der Waals surface area contributed by atoms with E-state index in [0.717, 1.165) is 6.07 Å². The molecule has 0 atom stereocenters. The van der Waals surface area contributed by atoms with Crippen molar-refractivity contribution in [1.82, 2.24) is 15.0 Å². The first kappa shape index (κ1) is 18.5. The van der Waals surface area contributed by atoms with Gasteiger partial charge in [0.05, 0.1) is 5.39 Å². The van der Waals surface area contributed by atoms with E-state index in [1.807, 2.05) is 0 Å². The number of nitrogen functional groups attached to an aromatic ring is 1. The molecule has 0 spiro atoms. The largest absolute Gasteiger partial charge is 0.424 e. The zero-order valence-electron chi connectivity index (χ0n) is 15.1. The fourth-order valence-electron chi connectivity index (χ4n) is 3.00. The quantitative estimate of drug-likeness (QED) is 0.526. The number of rotatable bonds is 4. The van der Waals surface area contributed by atoms with Gasteiger partial charge in [0.25, 0.3) is 0 Å². The van der Waals surface area contributed by atoms with Crippen LogP contribution in [0.1, 0.15) is 16.7 Å². The molecule has 3 heterocycles. The van der Waals surface area contributed by atoms with Crippen LogP contribution in [0.5, 0.6) is 11.8 Å². The number of fused-ring (bicyclic) bond motifs is 1. The topological polar surface area (TPSA) is 104 Å². The summed E-state index contributed by atoms with van der Waals surface area (Å²) in [4.78, 5) is 24.0. The Labute approximate surface area is 162 Å². The second-order valence-electron chi connectivity index (χ2n) is 6.25. The molecule has 0 saturated heterocycles. The van der Waals surface area contributed by atoms with Gasteiger partial charge in [0.1, 0.15) is 17.1 Å². The van der Waals surface area contributed by atoms with Crippen molar-refractivity contribution in [2.45, 2.75) is 13.3 Å². The molecule has 0 amide bonds. The van der Waals surface area contributed by atoms with E-state index in [0.29, 0.717) is 5.56 Å². The minimum Gasteiger partial charge on any atom is -0.424 e. The van der Waals surface area contributed by atoms with E-state index in [-0.39, 0.29) is 46.1 Å². The van der Waals surface area contributed by atoms with Crippen LogP contribution in [-0.4, -0.2) is 15.0 Å². The van der Waals surface area contributed by atoms with E-state index in [4.69, 9.17) is 14.9 Å². The molecule has 2 N–H and O–H groups in total. The molecule has 7 nitrogen and oxygen atoms in total. The molecule has 9 heteroatoms. The first-order valence-corrected chi connectivity index (χ1v) is 8.53. The average molecular weight is 396 g/mol. The zero-order chi connectivity index (χ0) is 20.5. The van der Waals surface area contributed by atoms with Crippen LogP contribution in [0.4, 0.5) is 14.6 Å². The highest BCUT2D eigenvalue weighted by atomic mass is 19.1. The highest BCUT2D eigenvalue weighted by molar-refractivity contribution is 5.83. The Morgan fingerprint density at radius 1 is 1.14 bits per heavy atom. The lowest BCUT2D eigenvalue weighted by Crippen LogP contribution is -2.13. The summed E-state index contributed by atoms with van der Waals surface area (Å²) in [5.41, 5.74) is 5.39. The van der Waals surface area contributed by atoms with Gasteiger partial charge in [0, 0.05) is 42.7 Å². The highest BCUT2D eigenvalue weighted by Crippen LogP contribution is 2.30. The Balaban J connectivity index is 1.79. The van der Waals surface area contributed by atoms with Crippen LogP contribution in [0.25, 0.3) is 11.0 Å². The summed E-state index contributed by atoms with van der Waals surface area (Å²) >= 11 is 0. The molecule has 0 radical (unpaired) electrons. The van der Waals surface area contributed by atoms with Gasteiger partial charge >= 0.3 is 11.6 Å². The fraction of sp³-hybridized carbons (Fsp3) is 0.100. The molecule has 1 aromatic carbocycles. The van der Waals surface area contributed by atoms with Gasteiger partial charge in [-0.1, -0.05) is 0 Å². The first-order valence-electron chi connectivity index (χ1n) is 8.53. The van der Waals surface area contributed by atoms with Crippen molar-refractivity contribution in [2.75, 3.05) is 5.73 Å². The van der Waals surface area contributed by atoms with Crippen LogP contribution in [0.15, 0.2) is 52.1 Å². The van der Waals surface area contributed by atoms with Gasteiger partial charge < -0.3 is 14.9 Å². The van der Waals surface area contributed by atoms with E-state index in [9.17, 15) is 13.6 Å². The zero-order valence-corrected chi connectivity index (χ0v) is 15.1. The lowest BCUT2D eigenvalue weighted by Gasteiger charge is -2.11. The minimum atomic E-state index is -0.724. The van der Waals surface area contributed by atoms with E-state index in [1.54, 1.807) is 13.0 Å². The van der Waals surface area contributed by atoms with Crippen LogP contribution in [-0.2, 0) is 6.42 Å². The Morgan fingerprint density at radius 3 is 2.66 bits per heavy atom. The second kappa shape index (κ2) is 7.27. The number of benzene rings is 1. The SMILES string of the molecule is Cc1c(Cc2ccnc(N)c2F)c(=O)oc2cc(Oc3ncccn3)cc(F)c12. The molecule has 3 aromatic heterocycles. The van der Waals surface area contributed by atoms with Gasteiger partial charge in [-0.05, 0) is 30.2 Å². The summed E-state index contributed by atoms with van der Waals surface area (Å²) in [6, 6.07) is 5.55. The minimum absolute atomic E-state index is 0.00287. The Morgan fingerprint density at radius 2 is 1.90 bits per heavy atom. The molecule has 0 aliphatic heterocycles. The summed E-state index contributed by atoms with van der Waals surface area (Å²) < 4.78 is 39.7. The number of aryl methyl sites for hydroxylation is 1. The smallest absolute Gasteiger partial charge is 0.340 e. The predicted molar refractivity (Wildman–Crippen MR) is 101 cm³/mol. The van der Waals surface area contributed by atoms with Crippen LogP contribution in [0.2, 0.25) is 0 Å². The summed E-state index contributed by atoms with van der Waals surface area (Å²) in [5.74, 6) is -1.59. The predicted octanol–water partition coefficient (Wildman–Crippen LogP) is 3.53. The average Bonchev–Trinajstić information content (AvgIpc) is 2.68. The van der Waals surface area contributed by atoms with Crippen molar-refractivity contribution >= 4 is 16.8 Å². The number of pyridine rings is 1. The number of nitrogens with zero attached hydrogens (tertiary/aromatic N) is 3. The van der Waals surface area contributed by atoms with Gasteiger partial charge in [-0.3, -0.25) is 0 Å². The molecule has 4 aromatic rings. The molecule has 0 aliphatic rings. The maximum absolute atomic E-state index is 14.8. The molecule has 29 heavy (non-hydrogen) atoms. The number of aromatic nitrogens is 3. The van der Waals surface area contributed by atoms with Crippen molar-refractivity contribution in [1.29, 1.82) is 0 Å². The van der Waals surface area contributed by atoms with Crippen molar-refractivity contribution in [2.24, 2.45) is 0 Å². The number of hydrogen-bond acceptors (Lipinski definition) is 7. The van der Waals surface area contributed by atoms with Gasteiger partial charge in [-0.15, -0.1) is 0 Å². The Hall–Kier alpha value is -3.88. The number of ether oxygens (including phenoxy) is 1. The van der Waals surface area contributed by atoms with E-state index in [2.05, 4.69) is 15.0 Å². The van der Waals surface area contributed by atoms with Gasteiger partial charge in [-0.25, -0.2) is 28.5 Å². The number of anilines is 1. The van der Waals surface area contributed by atoms with Crippen molar-refractivity contribution in [3.05, 3.63) is 81.6 Å². The second-order valence-corrected chi connectivity index (χ2v) is 6.25. The summed E-state index contributed by atoms with van der Waals surface area (Å²) in [6.07, 6.45) is 4.17. The standard InChI is InChI=1S/C20H14F2N4O3/c1-10-13(7-11-3-6-24-18(23)17(11)22)19(27)29-15-9-12(8-14(21)16(10)15)28-20-25-4-2-5-26-20/h2-6,8-9H,7H2,1H3,(H2,23,24). The molecule has 0 bridgehead atoms. The normalized spacial score (nSPS) is 11.0. The molecule has 0 fully saturated rings. The van der Waals surface area contributed by atoms with Crippen molar-refractivity contribution in [3.8, 4) is 11.8 Å². The summed E-state index contributed by atoms with van der Waals surface area (Å²) in [7, 11) is 0.